The summed E-state index contributed by atoms with van der Waals surface area (Å²) in [5.74, 6) is 0.229. The van der Waals surface area contributed by atoms with Crippen LogP contribution in [0.4, 0.5) is 5.69 Å². The largest absolute Gasteiger partial charge is 0.356 e. The van der Waals surface area contributed by atoms with Crippen LogP contribution >= 0.6 is 11.3 Å². The molecule has 1 aromatic heterocycles. The van der Waals surface area contributed by atoms with Crippen LogP contribution in [0.25, 0.3) is 0 Å². The zero-order chi connectivity index (χ0) is 17.5. The average Bonchev–Trinajstić information content (AvgIpc) is 3.28. The number of carbonyl (C=O) groups excluding carboxylic acids is 2. The number of hydrogen-bond acceptors (Lipinski definition) is 3. The predicted octanol–water partition coefficient (Wildman–Crippen LogP) is 3.56. The molecule has 3 rings (SSSR count). The maximum atomic E-state index is 12.4. The van der Waals surface area contributed by atoms with Crippen molar-refractivity contribution in [2.24, 2.45) is 0 Å². The molecule has 5 heteroatoms. The van der Waals surface area contributed by atoms with Gasteiger partial charge in [-0.3, -0.25) is 9.59 Å². The minimum Gasteiger partial charge on any atom is -0.356 e. The molecule has 4 nitrogen and oxygen atoms in total. The highest BCUT2D eigenvalue weighted by atomic mass is 32.1. The molecule has 2 amide bonds. The first-order chi connectivity index (χ1) is 12.2. The molecular weight excluding hydrogens is 332 g/mol. The van der Waals surface area contributed by atoms with E-state index in [1.807, 2.05) is 29.2 Å². The number of nitrogens with zero attached hydrogens (tertiary/aromatic N) is 1. The number of rotatable bonds is 8. The van der Waals surface area contributed by atoms with E-state index in [1.165, 1.54) is 10.4 Å². The summed E-state index contributed by atoms with van der Waals surface area (Å²) >= 11 is 1.73. The molecule has 0 saturated heterocycles. The van der Waals surface area contributed by atoms with Gasteiger partial charge >= 0.3 is 0 Å². The fourth-order valence-electron chi connectivity index (χ4n) is 3.17. The monoisotopic (exact) mass is 356 g/mol. The van der Waals surface area contributed by atoms with Crippen molar-refractivity contribution in [3.8, 4) is 0 Å². The lowest BCUT2D eigenvalue weighted by atomic mass is 10.2. The zero-order valence-corrected chi connectivity index (χ0v) is 15.2. The molecule has 1 aliphatic rings. The second-order valence-corrected chi connectivity index (χ2v) is 7.34. The number of fused-ring (bicyclic) bond motifs is 1. The van der Waals surface area contributed by atoms with Crippen LogP contribution in [-0.2, 0) is 22.4 Å². The molecule has 1 aromatic carbocycles. The van der Waals surface area contributed by atoms with Crippen LogP contribution in [0.3, 0.4) is 0 Å². The molecule has 0 saturated carbocycles. The Labute approximate surface area is 152 Å². The van der Waals surface area contributed by atoms with Crippen LogP contribution in [0.2, 0.25) is 0 Å². The van der Waals surface area contributed by atoms with Crippen LogP contribution in [-0.4, -0.2) is 24.9 Å². The van der Waals surface area contributed by atoms with Crippen molar-refractivity contribution in [1.29, 1.82) is 0 Å². The third-order valence-corrected chi connectivity index (χ3v) is 5.42. The lowest BCUT2D eigenvalue weighted by molar-refractivity contribution is -0.122. The summed E-state index contributed by atoms with van der Waals surface area (Å²) in [5.41, 5.74) is 2.29. The number of hydrogen-bond donors (Lipinski definition) is 1. The predicted molar refractivity (Wildman–Crippen MR) is 102 cm³/mol. The van der Waals surface area contributed by atoms with E-state index >= 15 is 0 Å². The van der Waals surface area contributed by atoms with E-state index < -0.39 is 0 Å². The summed E-state index contributed by atoms with van der Waals surface area (Å²) < 4.78 is 0. The molecule has 0 fully saturated rings. The smallest absolute Gasteiger partial charge is 0.227 e. The van der Waals surface area contributed by atoms with Crippen molar-refractivity contribution in [2.75, 3.05) is 18.0 Å². The molecule has 132 valence electrons. The van der Waals surface area contributed by atoms with Gasteiger partial charge in [-0.25, -0.2) is 0 Å². The van der Waals surface area contributed by atoms with Gasteiger partial charge in [-0.2, -0.15) is 0 Å². The minimum atomic E-state index is 0.0792. The number of amides is 2. The zero-order valence-electron chi connectivity index (χ0n) is 14.4. The number of carbonyl (C=O) groups is 2. The fraction of sp³-hybridized carbons (Fsp3) is 0.400. The molecule has 0 bridgehead atoms. The first kappa shape index (κ1) is 17.7. The normalized spacial score (nSPS) is 12.9. The number of benzene rings is 1. The van der Waals surface area contributed by atoms with Crippen LogP contribution in [0.1, 0.15) is 36.1 Å². The highest BCUT2D eigenvalue weighted by molar-refractivity contribution is 7.09. The Morgan fingerprint density at radius 3 is 2.80 bits per heavy atom. The van der Waals surface area contributed by atoms with Gasteiger partial charge in [-0.05, 0) is 48.8 Å². The van der Waals surface area contributed by atoms with Gasteiger partial charge in [0.2, 0.25) is 11.8 Å². The van der Waals surface area contributed by atoms with Crippen molar-refractivity contribution in [3.63, 3.8) is 0 Å². The van der Waals surface area contributed by atoms with Gasteiger partial charge in [0.05, 0.1) is 0 Å². The summed E-state index contributed by atoms with van der Waals surface area (Å²) in [4.78, 5) is 27.4. The number of para-hydroxylation sites is 1. The lowest BCUT2D eigenvalue weighted by Crippen LogP contribution is -2.30. The molecule has 0 atom stereocenters. The van der Waals surface area contributed by atoms with Crippen LogP contribution < -0.4 is 10.2 Å². The van der Waals surface area contributed by atoms with E-state index in [1.54, 1.807) is 11.3 Å². The Balaban J connectivity index is 1.30. The first-order valence-corrected chi connectivity index (χ1v) is 9.79. The summed E-state index contributed by atoms with van der Waals surface area (Å²) in [6, 6.07) is 12.2. The lowest BCUT2D eigenvalue weighted by Gasteiger charge is -2.17. The number of anilines is 1. The van der Waals surface area contributed by atoms with E-state index in [2.05, 4.69) is 22.8 Å². The van der Waals surface area contributed by atoms with Gasteiger partial charge in [-0.1, -0.05) is 24.3 Å². The van der Waals surface area contributed by atoms with E-state index in [4.69, 9.17) is 0 Å². The van der Waals surface area contributed by atoms with E-state index in [9.17, 15) is 9.59 Å². The van der Waals surface area contributed by atoms with Crippen molar-refractivity contribution < 1.29 is 9.59 Å². The summed E-state index contributed by atoms with van der Waals surface area (Å²) in [6.07, 6.45) is 4.47. The third-order valence-electron chi connectivity index (χ3n) is 4.48. The maximum absolute atomic E-state index is 12.4. The Morgan fingerprint density at radius 2 is 1.96 bits per heavy atom. The summed E-state index contributed by atoms with van der Waals surface area (Å²) in [7, 11) is 0. The standard InChI is InChI=1S/C20H24N2O2S/c23-19(10-3-7-17-8-5-15-25-17)21-13-4-11-20(24)22-14-12-16-6-1-2-9-18(16)22/h1-2,5-6,8-9,15H,3-4,7,10-14H2,(H,21,23). The molecule has 1 aliphatic heterocycles. The van der Waals surface area contributed by atoms with Gasteiger partial charge < -0.3 is 10.2 Å². The first-order valence-electron chi connectivity index (χ1n) is 8.91. The molecule has 0 aliphatic carbocycles. The molecule has 1 N–H and O–H groups in total. The Morgan fingerprint density at radius 1 is 1.08 bits per heavy atom. The number of nitrogens with one attached hydrogen (secondary N) is 1. The van der Waals surface area contributed by atoms with Crippen molar-refractivity contribution in [3.05, 3.63) is 52.2 Å². The second-order valence-electron chi connectivity index (χ2n) is 6.31. The number of aryl methyl sites for hydroxylation is 1. The van der Waals surface area contributed by atoms with Crippen LogP contribution in [0.5, 0.6) is 0 Å². The summed E-state index contributed by atoms with van der Waals surface area (Å²) in [6.45, 7) is 1.34. The highest BCUT2D eigenvalue weighted by Crippen LogP contribution is 2.27. The molecule has 0 unspecified atom stereocenters. The fourth-order valence-corrected chi connectivity index (χ4v) is 3.92. The van der Waals surface area contributed by atoms with Crippen LogP contribution in [0, 0.1) is 0 Å². The highest BCUT2D eigenvalue weighted by Gasteiger charge is 2.23. The molecule has 2 heterocycles. The van der Waals surface area contributed by atoms with E-state index in [0.29, 0.717) is 25.8 Å². The topological polar surface area (TPSA) is 49.4 Å². The summed E-state index contributed by atoms with van der Waals surface area (Å²) in [5, 5.41) is 4.98. The quantitative estimate of drug-likeness (QED) is 0.735. The van der Waals surface area contributed by atoms with E-state index in [-0.39, 0.29) is 11.8 Å². The van der Waals surface area contributed by atoms with Crippen LogP contribution in [0.15, 0.2) is 41.8 Å². The van der Waals surface area contributed by atoms with Gasteiger partial charge in [0.25, 0.3) is 0 Å². The molecule has 0 spiro atoms. The minimum absolute atomic E-state index is 0.0792. The van der Waals surface area contributed by atoms with Gasteiger partial charge in [0, 0.05) is 36.5 Å². The Hall–Kier alpha value is -2.14. The average molecular weight is 356 g/mol. The Bertz CT molecular complexity index is 712. The molecule has 25 heavy (non-hydrogen) atoms. The van der Waals surface area contributed by atoms with Gasteiger partial charge in [-0.15, -0.1) is 11.3 Å². The van der Waals surface area contributed by atoms with Crippen molar-refractivity contribution in [1.82, 2.24) is 5.32 Å². The van der Waals surface area contributed by atoms with Crippen molar-refractivity contribution >= 4 is 28.8 Å². The van der Waals surface area contributed by atoms with Crippen molar-refractivity contribution in [2.45, 2.75) is 38.5 Å². The molecule has 2 aromatic rings. The molecular formula is C20H24N2O2S. The molecule has 0 radical (unpaired) electrons. The van der Waals surface area contributed by atoms with E-state index in [0.717, 1.165) is 31.5 Å². The SMILES string of the molecule is O=C(CCCc1cccs1)NCCCC(=O)N1CCc2ccccc21. The second kappa shape index (κ2) is 8.81. The van der Waals surface area contributed by atoms with Gasteiger partial charge in [0.15, 0.2) is 0 Å². The third kappa shape index (κ3) is 4.92. The Kier molecular flexibility index (Phi) is 6.23. The maximum Gasteiger partial charge on any atom is 0.227 e. The van der Waals surface area contributed by atoms with Gasteiger partial charge in [0.1, 0.15) is 0 Å². The number of thiophene rings is 1.